The molecule has 9 nitrogen and oxygen atoms in total. The SMILES string of the molecule is COCc1cn(CC[C@@H]2CC[C@H](NC(=O)Nc3ccc(C(F)(F)F)cc3)[C@H](CO)O2)nn1. The summed E-state index contributed by atoms with van der Waals surface area (Å²) >= 11 is 0. The maximum atomic E-state index is 12.6. The number of aliphatic hydroxyl groups excluding tert-OH is 1. The van der Waals surface area contributed by atoms with E-state index in [0.29, 0.717) is 32.4 Å². The first kappa shape index (κ1) is 24.0. The molecule has 3 atom stereocenters. The number of amides is 2. The van der Waals surface area contributed by atoms with Crippen molar-refractivity contribution in [3.63, 3.8) is 0 Å². The van der Waals surface area contributed by atoms with Gasteiger partial charge < -0.3 is 25.2 Å². The van der Waals surface area contributed by atoms with E-state index in [4.69, 9.17) is 9.47 Å². The van der Waals surface area contributed by atoms with Crippen LogP contribution in [0.3, 0.4) is 0 Å². The molecule has 2 heterocycles. The first-order valence-electron chi connectivity index (χ1n) is 10.2. The van der Waals surface area contributed by atoms with E-state index in [0.717, 1.165) is 17.8 Å². The van der Waals surface area contributed by atoms with Gasteiger partial charge in [-0.2, -0.15) is 13.2 Å². The maximum absolute atomic E-state index is 12.6. The minimum absolute atomic E-state index is 0.113. The number of aromatic nitrogens is 3. The molecule has 2 amide bonds. The van der Waals surface area contributed by atoms with Crippen LogP contribution in [0.1, 0.15) is 30.5 Å². The van der Waals surface area contributed by atoms with Crippen LogP contribution in [-0.4, -0.2) is 58.1 Å². The van der Waals surface area contributed by atoms with Crippen molar-refractivity contribution in [2.45, 2.75) is 56.8 Å². The average molecular weight is 457 g/mol. The van der Waals surface area contributed by atoms with Crippen LogP contribution in [-0.2, 0) is 28.8 Å². The van der Waals surface area contributed by atoms with Gasteiger partial charge in [0, 0.05) is 19.3 Å². The molecule has 2 aromatic rings. The topological polar surface area (TPSA) is 111 Å². The zero-order chi connectivity index (χ0) is 23.1. The van der Waals surface area contributed by atoms with Crippen LogP contribution in [0.25, 0.3) is 0 Å². The Kier molecular flexibility index (Phi) is 8.04. The lowest BCUT2D eigenvalue weighted by atomic mass is 9.97. The van der Waals surface area contributed by atoms with E-state index in [1.54, 1.807) is 18.0 Å². The van der Waals surface area contributed by atoms with Crippen LogP contribution in [0.15, 0.2) is 30.5 Å². The third kappa shape index (κ3) is 6.65. The maximum Gasteiger partial charge on any atom is 0.416 e. The van der Waals surface area contributed by atoms with E-state index in [1.807, 2.05) is 0 Å². The molecule has 1 saturated heterocycles. The van der Waals surface area contributed by atoms with Crippen molar-refractivity contribution in [2.75, 3.05) is 19.0 Å². The highest BCUT2D eigenvalue weighted by atomic mass is 19.4. The normalized spacial score (nSPS) is 21.3. The number of aryl methyl sites for hydroxylation is 1. The Morgan fingerprint density at radius 3 is 2.72 bits per heavy atom. The van der Waals surface area contributed by atoms with Crippen molar-refractivity contribution < 1.29 is 32.5 Å². The van der Waals surface area contributed by atoms with Crippen LogP contribution in [0, 0.1) is 0 Å². The Morgan fingerprint density at radius 2 is 2.06 bits per heavy atom. The van der Waals surface area contributed by atoms with Crippen molar-refractivity contribution in [2.24, 2.45) is 0 Å². The summed E-state index contributed by atoms with van der Waals surface area (Å²) in [7, 11) is 1.58. The molecule has 0 spiro atoms. The van der Waals surface area contributed by atoms with Gasteiger partial charge >= 0.3 is 12.2 Å². The lowest BCUT2D eigenvalue weighted by molar-refractivity contribution is -0.137. The number of hydrogen-bond donors (Lipinski definition) is 3. The number of nitrogens with one attached hydrogen (secondary N) is 2. The first-order chi connectivity index (χ1) is 15.3. The number of hydrogen-bond acceptors (Lipinski definition) is 6. The summed E-state index contributed by atoms with van der Waals surface area (Å²) in [5, 5.41) is 22.9. The largest absolute Gasteiger partial charge is 0.416 e. The number of urea groups is 1. The molecule has 0 unspecified atom stereocenters. The van der Waals surface area contributed by atoms with Crippen molar-refractivity contribution in [1.29, 1.82) is 0 Å². The first-order valence-corrected chi connectivity index (χ1v) is 10.2. The van der Waals surface area contributed by atoms with Gasteiger partial charge in [-0.25, -0.2) is 4.79 Å². The molecule has 3 rings (SSSR count). The number of methoxy groups -OCH3 is 1. The minimum Gasteiger partial charge on any atom is -0.394 e. The highest BCUT2D eigenvalue weighted by molar-refractivity contribution is 5.89. The Labute approximate surface area is 182 Å². The number of aliphatic hydroxyl groups is 1. The Bertz CT molecular complexity index is 875. The summed E-state index contributed by atoms with van der Waals surface area (Å²) in [4.78, 5) is 12.3. The fraction of sp³-hybridized carbons (Fsp3) is 0.550. The number of carbonyl (C=O) groups is 1. The van der Waals surface area contributed by atoms with Gasteiger partial charge in [0.05, 0.1) is 37.1 Å². The second-order valence-electron chi connectivity index (χ2n) is 7.53. The smallest absolute Gasteiger partial charge is 0.394 e. The molecule has 0 bridgehead atoms. The number of benzene rings is 1. The third-order valence-electron chi connectivity index (χ3n) is 5.14. The zero-order valence-electron chi connectivity index (χ0n) is 17.5. The zero-order valence-corrected chi connectivity index (χ0v) is 17.5. The summed E-state index contributed by atoms with van der Waals surface area (Å²) in [5.74, 6) is 0. The Hall–Kier alpha value is -2.70. The molecule has 3 N–H and O–H groups in total. The molecule has 1 fully saturated rings. The predicted octanol–water partition coefficient (Wildman–Crippen LogP) is 2.56. The minimum atomic E-state index is -4.44. The van der Waals surface area contributed by atoms with Gasteiger partial charge in [0.25, 0.3) is 0 Å². The second-order valence-corrected chi connectivity index (χ2v) is 7.53. The molecule has 176 valence electrons. The predicted molar refractivity (Wildman–Crippen MR) is 108 cm³/mol. The third-order valence-corrected chi connectivity index (χ3v) is 5.14. The quantitative estimate of drug-likeness (QED) is 0.562. The van der Waals surface area contributed by atoms with E-state index in [-0.39, 0.29) is 18.4 Å². The summed E-state index contributed by atoms with van der Waals surface area (Å²) < 4.78 is 50.6. The standard InChI is InChI=1S/C20H26F3N5O4/c1-31-12-15-10-28(27-26-15)9-8-16-6-7-17(18(11-29)32-16)25-19(30)24-14-4-2-13(3-5-14)20(21,22)23/h2-5,10,16-18,29H,6-9,11-12H2,1H3,(H2,24,25,30)/t16-,17-,18-/m0/s1. The van der Waals surface area contributed by atoms with Crippen molar-refractivity contribution in [3.05, 3.63) is 41.7 Å². The van der Waals surface area contributed by atoms with E-state index in [2.05, 4.69) is 20.9 Å². The van der Waals surface area contributed by atoms with Gasteiger partial charge in [0.2, 0.25) is 0 Å². The average Bonchev–Trinajstić information content (AvgIpc) is 3.20. The van der Waals surface area contributed by atoms with Gasteiger partial charge in [-0.05, 0) is 43.5 Å². The molecule has 0 saturated carbocycles. The van der Waals surface area contributed by atoms with E-state index in [1.165, 1.54) is 12.1 Å². The number of carbonyl (C=O) groups excluding carboxylic acids is 1. The lowest BCUT2D eigenvalue weighted by Gasteiger charge is -2.36. The number of alkyl halides is 3. The highest BCUT2D eigenvalue weighted by Gasteiger charge is 2.32. The van der Waals surface area contributed by atoms with E-state index in [9.17, 15) is 23.1 Å². The van der Waals surface area contributed by atoms with Crippen LogP contribution in [0.5, 0.6) is 0 Å². The summed E-state index contributed by atoms with van der Waals surface area (Å²) in [5.41, 5.74) is 0.163. The highest BCUT2D eigenvalue weighted by Crippen LogP contribution is 2.30. The second kappa shape index (κ2) is 10.7. The van der Waals surface area contributed by atoms with Crippen LogP contribution >= 0.6 is 0 Å². The number of anilines is 1. The molecule has 1 aliphatic heterocycles. The monoisotopic (exact) mass is 457 g/mol. The molecule has 32 heavy (non-hydrogen) atoms. The summed E-state index contributed by atoms with van der Waals surface area (Å²) in [6.07, 6.45) is -1.43. The molecule has 1 aromatic heterocycles. The van der Waals surface area contributed by atoms with Gasteiger partial charge in [-0.3, -0.25) is 4.68 Å². The molecule has 1 aliphatic rings. The molecule has 1 aromatic carbocycles. The van der Waals surface area contributed by atoms with Gasteiger partial charge in [0.15, 0.2) is 0 Å². The van der Waals surface area contributed by atoms with Gasteiger partial charge in [-0.1, -0.05) is 5.21 Å². The van der Waals surface area contributed by atoms with Crippen LogP contribution in [0.4, 0.5) is 23.7 Å². The molecule has 0 aliphatic carbocycles. The summed E-state index contributed by atoms with van der Waals surface area (Å²) in [6.45, 7) is 0.698. The Balaban J connectivity index is 1.46. The number of ether oxygens (including phenoxy) is 2. The molecule has 12 heteroatoms. The Morgan fingerprint density at radius 1 is 1.31 bits per heavy atom. The van der Waals surface area contributed by atoms with Crippen LogP contribution < -0.4 is 10.6 Å². The van der Waals surface area contributed by atoms with Crippen LogP contribution in [0.2, 0.25) is 0 Å². The van der Waals surface area contributed by atoms with Crippen molar-refractivity contribution in [1.82, 2.24) is 20.3 Å². The number of rotatable bonds is 8. The molecular formula is C20H26F3N5O4. The molecule has 0 radical (unpaired) electrons. The lowest BCUT2D eigenvalue weighted by Crippen LogP contribution is -2.52. The van der Waals surface area contributed by atoms with Crippen molar-refractivity contribution >= 4 is 11.7 Å². The fourth-order valence-electron chi connectivity index (χ4n) is 3.53. The van der Waals surface area contributed by atoms with Gasteiger partial charge in [-0.15, -0.1) is 5.10 Å². The van der Waals surface area contributed by atoms with E-state index >= 15 is 0 Å². The molecular weight excluding hydrogens is 431 g/mol. The van der Waals surface area contributed by atoms with Gasteiger partial charge in [0.1, 0.15) is 11.8 Å². The van der Waals surface area contributed by atoms with E-state index < -0.39 is 29.9 Å². The fourth-order valence-corrected chi connectivity index (χ4v) is 3.53. The van der Waals surface area contributed by atoms with Crippen molar-refractivity contribution in [3.8, 4) is 0 Å². The summed E-state index contributed by atoms with van der Waals surface area (Å²) in [6, 6.07) is 3.15. The number of nitrogens with zero attached hydrogens (tertiary/aromatic N) is 3. The number of halogens is 3.